The van der Waals surface area contributed by atoms with E-state index in [9.17, 15) is 9.59 Å². The fourth-order valence-corrected chi connectivity index (χ4v) is 9.73. The zero-order valence-electron chi connectivity index (χ0n) is 46.6. The number of rotatable bonds is 30. The Morgan fingerprint density at radius 1 is 0.436 bits per heavy atom. The molecule has 12 nitrogen and oxygen atoms in total. The van der Waals surface area contributed by atoms with Crippen LogP contribution in [0.15, 0.2) is 156 Å². The van der Waals surface area contributed by atoms with Crippen LogP contribution >= 0.6 is 0 Å². The number of aromatic nitrogens is 2. The standard InChI is InChI=1S/C62H81N10O2.4BrH/c1-67(53-25-13-11-14-26-53)65-49-51-33-41-69(42-34-51)39-17-7-9-19-45-71(3,4)47-23-37-63-57-31-21-29-55-59(57)62(74)60-56(61(55)73)30-22-32-58(60)64-38-24-48-72(5,6)46-20-10-8-18-40-70-43-35-52(36-44-70)50-66-68(2)54-27-15-12-16-28-54;;;;/h11-16,21-22,25-36,41-44,49-50H,7-10,17-20,23-24,37-40,45-48H2,1-6H3,(H-,63,64,74);4*1H/q+3;;;;/p-3. The maximum Gasteiger partial charge on any atom is 0.198 e. The molecule has 2 aromatic heterocycles. The first-order valence-electron chi connectivity index (χ1n) is 27.0. The molecule has 0 amide bonds. The quantitative estimate of drug-likeness (QED) is 0.0183. The predicted molar refractivity (Wildman–Crippen MR) is 305 cm³/mol. The van der Waals surface area contributed by atoms with Gasteiger partial charge < -0.3 is 87.5 Å². The first-order valence-corrected chi connectivity index (χ1v) is 27.0. The lowest BCUT2D eigenvalue weighted by molar-refractivity contribution is -0.890. The molecule has 420 valence electrons. The number of anilines is 4. The van der Waals surface area contributed by atoms with E-state index >= 15 is 0 Å². The third kappa shape index (κ3) is 20.8. The van der Waals surface area contributed by atoms with Gasteiger partial charge in [-0.05, 0) is 74.9 Å². The van der Waals surface area contributed by atoms with Gasteiger partial charge in [-0.2, -0.15) is 10.2 Å². The number of para-hydroxylation sites is 2. The minimum Gasteiger partial charge on any atom is -1.00 e. The summed E-state index contributed by atoms with van der Waals surface area (Å²) >= 11 is 0. The predicted octanol–water partition coefficient (Wildman–Crippen LogP) is -1.73. The average Bonchev–Trinajstić information content (AvgIpc) is 3.55. The van der Waals surface area contributed by atoms with Gasteiger partial charge >= 0.3 is 0 Å². The Kier molecular flexibility index (Phi) is 29.4. The largest absolute Gasteiger partial charge is 1.00 e. The van der Waals surface area contributed by atoms with Gasteiger partial charge in [0, 0.05) is 111 Å². The fraction of sp³-hybridized carbons (Fsp3) is 0.387. The van der Waals surface area contributed by atoms with Gasteiger partial charge in [-0.3, -0.25) is 19.6 Å². The van der Waals surface area contributed by atoms with Crippen molar-refractivity contribution < 1.29 is 95.6 Å². The Balaban J connectivity index is 0.00000400. The average molecular weight is 1320 g/mol. The highest BCUT2D eigenvalue weighted by atomic mass is 79.9. The van der Waals surface area contributed by atoms with E-state index in [1.807, 2.05) is 121 Å². The number of pyridine rings is 2. The summed E-state index contributed by atoms with van der Waals surface area (Å²) in [6.07, 6.45) is 23.8. The first-order chi connectivity index (χ1) is 35.9. The third-order valence-electron chi connectivity index (χ3n) is 14.3. The number of nitrogens with one attached hydrogen (secondary N) is 2. The number of ketones is 2. The number of quaternary nitrogens is 2. The van der Waals surface area contributed by atoms with E-state index in [0.717, 1.165) is 121 Å². The number of carbonyl (C=O) groups excluding carboxylic acids is 2. The monoisotopic (exact) mass is 1310 g/mol. The third-order valence-corrected chi connectivity index (χ3v) is 14.3. The summed E-state index contributed by atoms with van der Waals surface area (Å²) in [5.41, 5.74) is 7.70. The molecule has 0 bridgehead atoms. The number of nitrogens with zero attached hydrogens (tertiary/aromatic N) is 8. The summed E-state index contributed by atoms with van der Waals surface area (Å²) in [5, 5.41) is 20.0. The van der Waals surface area contributed by atoms with E-state index in [4.69, 9.17) is 0 Å². The first kappa shape index (κ1) is 67.2. The van der Waals surface area contributed by atoms with Crippen LogP contribution in [0.2, 0.25) is 0 Å². The second-order valence-electron chi connectivity index (χ2n) is 21.2. The van der Waals surface area contributed by atoms with Crippen molar-refractivity contribution in [1.82, 2.24) is 0 Å². The van der Waals surface area contributed by atoms with E-state index in [0.29, 0.717) is 22.3 Å². The Morgan fingerprint density at radius 2 is 0.795 bits per heavy atom. The molecule has 0 saturated heterocycles. The van der Waals surface area contributed by atoms with Crippen LogP contribution < -0.4 is 97.7 Å². The number of hydrazone groups is 2. The number of halogens is 4. The van der Waals surface area contributed by atoms with E-state index in [2.05, 4.69) is 107 Å². The van der Waals surface area contributed by atoms with Crippen LogP contribution in [0.25, 0.3) is 0 Å². The zero-order chi connectivity index (χ0) is 52.2. The van der Waals surface area contributed by atoms with E-state index in [1.165, 1.54) is 38.5 Å². The smallest absolute Gasteiger partial charge is 0.198 e. The molecule has 4 aromatic carbocycles. The molecule has 7 rings (SSSR count). The van der Waals surface area contributed by atoms with Crippen molar-refractivity contribution in [2.24, 2.45) is 10.2 Å². The van der Waals surface area contributed by atoms with Crippen molar-refractivity contribution in [3.63, 3.8) is 0 Å². The van der Waals surface area contributed by atoms with E-state index in [1.54, 1.807) is 12.1 Å². The van der Waals surface area contributed by atoms with Crippen molar-refractivity contribution in [3.05, 3.63) is 179 Å². The summed E-state index contributed by atoms with van der Waals surface area (Å²) < 4.78 is 6.41. The summed E-state index contributed by atoms with van der Waals surface area (Å²) in [5.74, 6) is -0.181. The van der Waals surface area contributed by atoms with Crippen LogP contribution in [-0.2, 0) is 13.1 Å². The highest BCUT2D eigenvalue weighted by Gasteiger charge is 2.33. The summed E-state index contributed by atoms with van der Waals surface area (Å²) in [6, 6.07) is 40.0. The number of hydrogen-bond donors (Lipinski definition) is 2. The van der Waals surface area contributed by atoms with Crippen LogP contribution in [0.3, 0.4) is 0 Å². The molecule has 1 aliphatic carbocycles. The highest BCUT2D eigenvalue weighted by molar-refractivity contribution is 6.31. The minimum atomic E-state index is -0.0906. The zero-order valence-corrected chi connectivity index (χ0v) is 53.0. The van der Waals surface area contributed by atoms with Crippen molar-refractivity contribution in [2.75, 3.05) is 102 Å². The summed E-state index contributed by atoms with van der Waals surface area (Å²) in [7, 11) is 13.2. The molecule has 0 atom stereocenters. The Morgan fingerprint density at radius 3 is 1.18 bits per heavy atom. The molecule has 2 N–H and O–H groups in total. The maximum absolute atomic E-state index is 14.4. The molecule has 16 heteroatoms. The highest BCUT2D eigenvalue weighted by Crippen LogP contribution is 2.35. The molecule has 1 aliphatic rings. The molecule has 0 aliphatic heterocycles. The van der Waals surface area contributed by atoms with Crippen LogP contribution in [-0.4, -0.2) is 115 Å². The van der Waals surface area contributed by atoms with Gasteiger partial charge in [0.05, 0.1) is 89.3 Å². The topological polar surface area (TPSA) is 97.2 Å². The molecule has 0 radical (unpaired) electrons. The normalized spacial score (nSPS) is 11.9. The lowest BCUT2D eigenvalue weighted by Crippen LogP contribution is -3.00. The fourth-order valence-electron chi connectivity index (χ4n) is 9.73. The van der Waals surface area contributed by atoms with Gasteiger partial charge in [-0.25, -0.2) is 9.13 Å². The number of aryl methyl sites for hydroxylation is 2. The Hall–Kier alpha value is -5.10. The van der Waals surface area contributed by atoms with Crippen LogP contribution in [0, 0.1) is 0 Å². The van der Waals surface area contributed by atoms with Gasteiger partial charge in [0.2, 0.25) is 0 Å². The van der Waals surface area contributed by atoms with Crippen LogP contribution in [0.1, 0.15) is 107 Å². The molecule has 2 heterocycles. The van der Waals surface area contributed by atoms with Crippen molar-refractivity contribution >= 4 is 46.7 Å². The summed E-state index contributed by atoms with van der Waals surface area (Å²) in [6.45, 7) is 7.77. The van der Waals surface area contributed by atoms with Crippen LogP contribution in [0.5, 0.6) is 0 Å². The molecule has 0 spiro atoms. The molecule has 0 fully saturated rings. The maximum atomic E-state index is 14.4. The molecular weight excluding hydrogens is 1240 g/mol. The number of unbranched alkanes of at least 4 members (excludes halogenated alkanes) is 6. The van der Waals surface area contributed by atoms with Crippen molar-refractivity contribution in [3.8, 4) is 0 Å². The van der Waals surface area contributed by atoms with Gasteiger partial charge in [-0.1, -0.05) is 60.7 Å². The molecule has 6 aromatic rings. The van der Waals surface area contributed by atoms with E-state index < -0.39 is 0 Å². The number of fused-ring (bicyclic) bond motifs is 2. The lowest BCUT2D eigenvalue weighted by atomic mass is 9.82. The second-order valence-corrected chi connectivity index (χ2v) is 21.2. The van der Waals surface area contributed by atoms with Crippen LogP contribution in [0.4, 0.5) is 22.7 Å². The SMILES string of the molecule is CN(/N=C/c1cc[n+](CCCCCC[N+](C)(C)CCCNc2cccc3c2C(=O)c2c(NCCC[N+](C)(C)CCCCCC[n+]4ccc(/C=N/N(C)c5ccccc5)cc4)cccc2C3=O)cc1)c1ccccc1.[Br-].[Br-].[Br-].[Br-]. The van der Waals surface area contributed by atoms with Gasteiger partial charge in [-0.15, -0.1) is 0 Å². The van der Waals surface area contributed by atoms with Gasteiger partial charge in [0.1, 0.15) is 13.1 Å². The lowest BCUT2D eigenvalue weighted by Gasteiger charge is -2.30. The van der Waals surface area contributed by atoms with E-state index in [-0.39, 0.29) is 79.5 Å². The van der Waals surface area contributed by atoms with Gasteiger partial charge in [0.25, 0.3) is 0 Å². The Labute approximate surface area is 507 Å². The molecule has 0 saturated carbocycles. The number of hydrogen-bond acceptors (Lipinski definition) is 8. The second kappa shape index (κ2) is 34.1. The molecule has 0 unspecified atom stereocenters. The van der Waals surface area contributed by atoms with Crippen molar-refractivity contribution in [2.45, 2.75) is 77.3 Å². The number of benzene rings is 4. The minimum absolute atomic E-state index is 0. The summed E-state index contributed by atoms with van der Waals surface area (Å²) in [4.78, 5) is 28.3. The molecular formula is C62H82Br4N10O2. The number of carbonyl (C=O) groups is 2. The van der Waals surface area contributed by atoms with Gasteiger partial charge in [0.15, 0.2) is 36.4 Å². The van der Waals surface area contributed by atoms with Crippen molar-refractivity contribution in [1.29, 1.82) is 0 Å². The Bertz CT molecular complexity index is 2590. The molecule has 78 heavy (non-hydrogen) atoms.